The van der Waals surface area contributed by atoms with Gasteiger partial charge in [0.15, 0.2) is 0 Å². The van der Waals surface area contributed by atoms with Crippen molar-refractivity contribution >= 4 is 11.6 Å². The molecule has 4 aromatic rings. The van der Waals surface area contributed by atoms with E-state index in [-0.39, 0.29) is 5.91 Å². The van der Waals surface area contributed by atoms with E-state index in [4.69, 9.17) is 4.52 Å². The quantitative estimate of drug-likeness (QED) is 0.577. The van der Waals surface area contributed by atoms with Gasteiger partial charge in [-0.05, 0) is 29.8 Å². The highest BCUT2D eigenvalue weighted by atomic mass is 16.5. The second kappa shape index (κ2) is 7.48. The highest BCUT2D eigenvalue weighted by Gasteiger charge is 2.11. The lowest BCUT2D eigenvalue weighted by Gasteiger charge is -2.03. The zero-order chi connectivity index (χ0) is 19.5. The van der Waals surface area contributed by atoms with Crippen LogP contribution in [0.3, 0.4) is 0 Å². The molecule has 0 bridgehead atoms. The molecule has 0 saturated heterocycles. The maximum absolute atomic E-state index is 11.1. The van der Waals surface area contributed by atoms with Gasteiger partial charge in [-0.15, -0.1) is 0 Å². The molecule has 0 atom stereocenters. The normalized spacial score (nSPS) is 10.8. The van der Waals surface area contributed by atoms with E-state index in [1.165, 1.54) is 6.92 Å². The molecule has 2 aromatic carbocycles. The number of nitrogens with zero attached hydrogens (tertiary/aromatic N) is 4. The van der Waals surface area contributed by atoms with E-state index in [2.05, 4.69) is 20.6 Å². The summed E-state index contributed by atoms with van der Waals surface area (Å²) >= 11 is 0. The fourth-order valence-electron chi connectivity index (χ4n) is 3.00. The number of nitrogens with one attached hydrogen (secondary N) is 1. The SMILES string of the molecule is CC(=O)Nc1ccc(Cc2nc(-c3cccc(-c4ccnn4C)c3)no2)cc1. The summed E-state index contributed by atoms with van der Waals surface area (Å²) < 4.78 is 7.25. The highest BCUT2D eigenvalue weighted by Crippen LogP contribution is 2.24. The van der Waals surface area contributed by atoms with Crippen molar-refractivity contribution in [2.75, 3.05) is 5.32 Å². The van der Waals surface area contributed by atoms with E-state index in [1.54, 1.807) is 6.20 Å². The van der Waals surface area contributed by atoms with Crippen molar-refractivity contribution in [3.63, 3.8) is 0 Å². The van der Waals surface area contributed by atoms with E-state index in [9.17, 15) is 4.79 Å². The number of aromatic nitrogens is 4. The lowest BCUT2D eigenvalue weighted by molar-refractivity contribution is -0.114. The topological polar surface area (TPSA) is 85.8 Å². The zero-order valence-electron chi connectivity index (χ0n) is 15.6. The van der Waals surface area contributed by atoms with Crippen molar-refractivity contribution < 1.29 is 9.32 Å². The molecule has 7 nitrogen and oxygen atoms in total. The molecule has 7 heteroatoms. The third-order valence-corrected chi connectivity index (χ3v) is 4.34. The lowest BCUT2D eigenvalue weighted by Crippen LogP contribution is -2.05. The second-order valence-corrected chi connectivity index (χ2v) is 6.49. The van der Waals surface area contributed by atoms with E-state index < -0.39 is 0 Å². The lowest BCUT2D eigenvalue weighted by atomic mass is 10.1. The molecule has 0 fully saturated rings. The smallest absolute Gasteiger partial charge is 0.231 e. The first-order chi connectivity index (χ1) is 13.6. The highest BCUT2D eigenvalue weighted by molar-refractivity contribution is 5.88. The number of carbonyl (C=O) groups excluding carboxylic acids is 1. The van der Waals surface area contributed by atoms with Crippen LogP contribution in [0.1, 0.15) is 18.4 Å². The predicted octanol–water partition coefficient (Wildman–Crippen LogP) is 3.69. The minimum Gasteiger partial charge on any atom is -0.339 e. The van der Waals surface area contributed by atoms with E-state index in [0.717, 1.165) is 28.1 Å². The van der Waals surface area contributed by atoms with Gasteiger partial charge in [-0.25, -0.2) is 0 Å². The van der Waals surface area contributed by atoms with Crippen LogP contribution in [0.25, 0.3) is 22.6 Å². The van der Waals surface area contributed by atoms with Gasteiger partial charge in [0.05, 0.1) is 12.1 Å². The third-order valence-electron chi connectivity index (χ3n) is 4.34. The summed E-state index contributed by atoms with van der Waals surface area (Å²) in [5.74, 6) is 0.991. The largest absolute Gasteiger partial charge is 0.339 e. The Morgan fingerprint density at radius 2 is 1.89 bits per heavy atom. The van der Waals surface area contributed by atoms with Gasteiger partial charge in [0.2, 0.25) is 17.6 Å². The van der Waals surface area contributed by atoms with Crippen LogP contribution in [0, 0.1) is 0 Å². The molecule has 0 spiro atoms. The molecule has 0 radical (unpaired) electrons. The fourth-order valence-corrected chi connectivity index (χ4v) is 3.00. The number of benzene rings is 2. The fraction of sp³-hybridized carbons (Fsp3) is 0.143. The minimum atomic E-state index is -0.0948. The Labute approximate surface area is 162 Å². The summed E-state index contributed by atoms with van der Waals surface area (Å²) in [6, 6.07) is 17.5. The van der Waals surface area contributed by atoms with Crippen LogP contribution in [0.2, 0.25) is 0 Å². The summed E-state index contributed by atoms with van der Waals surface area (Å²) in [6.07, 6.45) is 2.29. The second-order valence-electron chi connectivity index (χ2n) is 6.49. The summed E-state index contributed by atoms with van der Waals surface area (Å²) in [6.45, 7) is 1.48. The summed E-state index contributed by atoms with van der Waals surface area (Å²) in [5, 5.41) is 11.1. The summed E-state index contributed by atoms with van der Waals surface area (Å²) in [5.41, 5.74) is 4.72. The van der Waals surface area contributed by atoms with Gasteiger partial charge in [-0.1, -0.05) is 35.5 Å². The standard InChI is InChI=1S/C21H19N5O2/c1-14(27)23-18-8-6-15(7-9-18)12-20-24-21(25-28-20)17-5-3-4-16(13-17)19-10-11-22-26(19)2/h3-11,13H,12H2,1-2H3,(H,23,27). The molecular formula is C21H19N5O2. The van der Waals surface area contributed by atoms with Crippen LogP contribution in [0.4, 0.5) is 5.69 Å². The molecule has 1 N–H and O–H groups in total. The first-order valence-electron chi connectivity index (χ1n) is 8.86. The van der Waals surface area contributed by atoms with Gasteiger partial charge in [-0.2, -0.15) is 10.1 Å². The van der Waals surface area contributed by atoms with E-state index in [1.807, 2.05) is 66.3 Å². The van der Waals surface area contributed by atoms with Gasteiger partial charge < -0.3 is 9.84 Å². The molecule has 0 aliphatic carbocycles. The van der Waals surface area contributed by atoms with Gasteiger partial charge in [0.25, 0.3) is 0 Å². The monoisotopic (exact) mass is 373 g/mol. The predicted molar refractivity (Wildman–Crippen MR) is 105 cm³/mol. The van der Waals surface area contributed by atoms with Gasteiger partial charge in [-0.3, -0.25) is 9.48 Å². The van der Waals surface area contributed by atoms with Crippen LogP contribution in [0.15, 0.2) is 65.3 Å². The molecule has 0 aliphatic heterocycles. The van der Waals surface area contributed by atoms with Crippen LogP contribution in [-0.2, 0) is 18.3 Å². The van der Waals surface area contributed by atoms with Crippen LogP contribution in [0.5, 0.6) is 0 Å². The maximum Gasteiger partial charge on any atom is 0.231 e. The molecular weight excluding hydrogens is 354 g/mol. The zero-order valence-corrected chi connectivity index (χ0v) is 15.6. The van der Waals surface area contributed by atoms with E-state index in [0.29, 0.717) is 18.1 Å². The molecule has 4 rings (SSSR count). The Kier molecular flexibility index (Phi) is 4.72. The third kappa shape index (κ3) is 3.83. The molecule has 28 heavy (non-hydrogen) atoms. The molecule has 140 valence electrons. The van der Waals surface area contributed by atoms with Crippen molar-refractivity contribution in [1.82, 2.24) is 19.9 Å². The van der Waals surface area contributed by atoms with Crippen molar-refractivity contribution in [2.45, 2.75) is 13.3 Å². The van der Waals surface area contributed by atoms with Crippen molar-refractivity contribution in [3.05, 3.63) is 72.2 Å². The number of rotatable bonds is 5. The maximum atomic E-state index is 11.1. The van der Waals surface area contributed by atoms with E-state index >= 15 is 0 Å². The van der Waals surface area contributed by atoms with Gasteiger partial charge >= 0.3 is 0 Å². The first kappa shape index (κ1) is 17.7. The number of aryl methyl sites for hydroxylation is 1. The molecule has 0 unspecified atom stereocenters. The van der Waals surface area contributed by atoms with Crippen LogP contribution >= 0.6 is 0 Å². The summed E-state index contributed by atoms with van der Waals surface area (Å²) in [7, 11) is 1.91. The number of carbonyl (C=O) groups is 1. The van der Waals surface area contributed by atoms with Crippen molar-refractivity contribution in [1.29, 1.82) is 0 Å². The first-order valence-corrected chi connectivity index (χ1v) is 8.86. The molecule has 0 saturated carbocycles. The average molecular weight is 373 g/mol. The molecule has 1 amide bonds. The van der Waals surface area contributed by atoms with Crippen LogP contribution < -0.4 is 5.32 Å². The average Bonchev–Trinajstić information content (AvgIpc) is 3.32. The Bertz CT molecular complexity index is 1110. The Hall–Kier alpha value is -3.74. The minimum absolute atomic E-state index is 0.0948. The van der Waals surface area contributed by atoms with Crippen molar-refractivity contribution in [2.24, 2.45) is 7.05 Å². The van der Waals surface area contributed by atoms with Gasteiger partial charge in [0, 0.05) is 37.0 Å². The van der Waals surface area contributed by atoms with Crippen LogP contribution in [-0.4, -0.2) is 25.8 Å². The number of hydrogen-bond acceptors (Lipinski definition) is 5. The molecule has 2 aromatic heterocycles. The number of anilines is 1. The number of amides is 1. The Morgan fingerprint density at radius 1 is 1.11 bits per heavy atom. The Morgan fingerprint density at radius 3 is 2.61 bits per heavy atom. The molecule has 0 aliphatic rings. The Balaban J connectivity index is 1.52. The molecule has 2 heterocycles. The summed E-state index contributed by atoms with van der Waals surface area (Å²) in [4.78, 5) is 15.6. The van der Waals surface area contributed by atoms with Crippen molar-refractivity contribution in [3.8, 4) is 22.6 Å². The van der Waals surface area contributed by atoms with Gasteiger partial charge in [0.1, 0.15) is 0 Å². The number of hydrogen-bond donors (Lipinski definition) is 1.